The van der Waals surface area contributed by atoms with Crippen molar-refractivity contribution in [2.24, 2.45) is 5.73 Å². The van der Waals surface area contributed by atoms with E-state index >= 15 is 0 Å². The molecule has 1 aliphatic heterocycles. The summed E-state index contributed by atoms with van der Waals surface area (Å²) in [7, 11) is 0. The summed E-state index contributed by atoms with van der Waals surface area (Å²) in [5, 5.41) is 2.63. The van der Waals surface area contributed by atoms with Crippen LogP contribution in [0, 0.1) is 0 Å². The Morgan fingerprint density at radius 1 is 1.12 bits per heavy atom. The van der Waals surface area contributed by atoms with Crippen LogP contribution in [0.15, 0.2) is 35.7 Å². The van der Waals surface area contributed by atoms with Crippen LogP contribution in [-0.2, 0) is 13.1 Å². The van der Waals surface area contributed by atoms with Crippen molar-refractivity contribution in [1.29, 1.82) is 0 Å². The highest BCUT2D eigenvalue weighted by Crippen LogP contribution is 2.14. The molecule has 1 aromatic carbocycles. The van der Waals surface area contributed by atoms with Crippen LogP contribution >= 0.6 is 36.2 Å². The molecule has 0 saturated carbocycles. The lowest BCUT2D eigenvalue weighted by Crippen LogP contribution is -2.35. The summed E-state index contributed by atoms with van der Waals surface area (Å²) in [4.78, 5) is 21.2. The molecule has 2 heterocycles. The zero-order chi connectivity index (χ0) is 16.1. The van der Waals surface area contributed by atoms with Crippen molar-refractivity contribution in [1.82, 2.24) is 14.8 Å². The lowest BCUT2D eigenvalue weighted by atomic mass is 10.2. The third-order valence-corrected chi connectivity index (χ3v) is 4.94. The fraction of sp³-hybridized carbons (Fsp3) is 0.412. The molecule has 0 radical (unpaired) electrons. The molecule has 1 amide bonds. The minimum atomic E-state index is 0. The molecule has 1 fully saturated rings. The van der Waals surface area contributed by atoms with Crippen molar-refractivity contribution in [3.8, 4) is 0 Å². The molecule has 0 aliphatic carbocycles. The van der Waals surface area contributed by atoms with E-state index < -0.39 is 0 Å². The quantitative estimate of drug-likeness (QED) is 0.853. The van der Waals surface area contributed by atoms with E-state index in [0.29, 0.717) is 12.2 Å². The van der Waals surface area contributed by atoms with Crippen LogP contribution in [0.25, 0.3) is 0 Å². The lowest BCUT2D eigenvalue weighted by molar-refractivity contribution is 0.0756. The maximum atomic E-state index is 12.6. The van der Waals surface area contributed by atoms with Crippen LogP contribution in [0.1, 0.15) is 27.5 Å². The number of carbonyl (C=O) groups excluding carboxylic acids is 1. The lowest BCUT2D eigenvalue weighted by Gasteiger charge is -2.21. The molecule has 0 unspecified atom stereocenters. The first kappa shape index (κ1) is 21.9. The predicted octanol–water partition coefficient (Wildman–Crippen LogP) is 2.79. The molecule has 0 atom stereocenters. The Bertz CT molecular complexity index is 653. The topological polar surface area (TPSA) is 62.5 Å². The maximum absolute atomic E-state index is 12.6. The van der Waals surface area contributed by atoms with Crippen LogP contribution in [0.4, 0.5) is 0 Å². The van der Waals surface area contributed by atoms with E-state index in [9.17, 15) is 4.79 Å². The van der Waals surface area contributed by atoms with Gasteiger partial charge in [0.15, 0.2) is 0 Å². The Labute approximate surface area is 165 Å². The number of halogens is 2. The van der Waals surface area contributed by atoms with Gasteiger partial charge < -0.3 is 10.6 Å². The van der Waals surface area contributed by atoms with Crippen LogP contribution in [0.2, 0.25) is 0 Å². The molecule has 25 heavy (non-hydrogen) atoms. The van der Waals surface area contributed by atoms with Gasteiger partial charge in [-0.25, -0.2) is 4.98 Å². The highest BCUT2D eigenvalue weighted by molar-refractivity contribution is 7.09. The van der Waals surface area contributed by atoms with Gasteiger partial charge >= 0.3 is 0 Å². The van der Waals surface area contributed by atoms with E-state index in [1.54, 1.807) is 0 Å². The summed E-state index contributed by atoms with van der Waals surface area (Å²) in [6, 6.07) is 10.5. The zero-order valence-corrected chi connectivity index (χ0v) is 16.4. The second-order valence-corrected chi connectivity index (χ2v) is 6.68. The number of nitrogens with zero attached hydrogens (tertiary/aromatic N) is 3. The smallest absolute Gasteiger partial charge is 0.273 e. The van der Waals surface area contributed by atoms with E-state index in [4.69, 9.17) is 5.73 Å². The van der Waals surface area contributed by atoms with Crippen LogP contribution in [-0.4, -0.2) is 46.9 Å². The van der Waals surface area contributed by atoms with E-state index in [0.717, 1.165) is 44.2 Å². The molecule has 8 heteroatoms. The summed E-state index contributed by atoms with van der Waals surface area (Å²) in [6.07, 6.45) is 0.993. The summed E-state index contributed by atoms with van der Waals surface area (Å²) < 4.78 is 0. The van der Waals surface area contributed by atoms with E-state index in [1.165, 1.54) is 16.9 Å². The summed E-state index contributed by atoms with van der Waals surface area (Å²) in [6.45, 7) is 4.79. The number of thiazole rings is 1. The number of hydrogen-bond donors (Lipinski definition) is 1. The van der Waals surface area contributed by atoms with Gasteiger partial charge in [0.1, 0.15) is 10.7 Å². The van der Waals surface area contributed by atoms with Crippen molar-refractivity contribution in [3.05, 3.63) is 52.0 Å². The molecular weight excluding hydrogens is 379 g/mol. The molecule has 1 saturated heterocycles. The first-order valence-corrected chi connectivity index (χ1v) is 8.84. The molecule has 5 nitrogen and oxygen atoms in total. The molecule has 1 aliphatic rings. The van der Waals surface area contributed by atoms with Gasteiger partial charge in [-0.1, -0.05) is 30.3 Å². The largest absolute Gasteiger partial charge is 0.336 e. The second kappa shape index (κ2) is 10.7. The Kier molecular flexibility index (Phi) is 9.38. The van der Waals surface area contributed by atoms with Crippen molar-refractivity contribution in [2.75, 3.05) is 26.2 Å². The van der Waals surface area contributed by atoms with Crippen LogP contribution in [0.3, 0.4) is 0 Å². The second-order valence-electron chi connectivity index (χ2n) is 5.74. The fourth-order valence-corrected chi connectivity index (χ4v) is 3.49. The minimum absolute atomic E-state index is 0. The number of aromatic nitrogens is 1. The number of nitrogens with two attached hydrogens (primary N) is 1. The highest BCUT2D eigenvalue weighted by atomic mass is 35.5. The molecule has 2 aromatic rings. The summed E-state index contributed by atoms with van der Waals surface area (Å²) in [5.41, 5.74) is 7.43. The average molecular weight is 403 g/mol. The Morgan fingerprint density at radius 3 is 2.56 bits per heavy atom. The molecule has 1 aromatic heterocycles. The minimum Gasteiger partial charge on any atom is -0.336 e. The van der Waals surface area contributed by atoms with Gasteiger partial charge in [-0.15, -0.1) is 36.2 Å². The standard InChI is InChI=1S/C17H22N4OS.2ClH/c18-11-16-19-15(13-23-16)17(22)21-8-4-7-20(9-10-21)12-14-5-2-1-3-6-14;;/h1-3,5-6,13H,4,7-12,18H2;2*1H. The molecule has 0 spiro atoms. The predicted molar refractivity (Wildman–Crippen MR) is 107 cm³/mol. The zero-order valence-electron chi connectivity index (χ0n) is 14.0. The number of carbonyl (C=O) groups is 1. The van der Waals surface area contributed by atoms with Crippen molar-refractivity contribution < 1.29 is 4.79 Å². The van der Waals surface area contributed by atoms with Gasteiger partial charge in [0.2, 0.25) is 0 Å². The van der Waals surface area contributed by atoms with E-state index in [2.05, 4.69) is 34.1 Å². The molecule has 138 valence electrons. The first-order chi connectivity index (χ1) is 11.3. The summed E-state index contributed by atoms with van der Waals surface area (Å²) >= 11 is 1.46. The summed E-state index contributed by atoms with van der Waals surface area (Å²) in [5.74, 6) is 0.0301. The number of benzene rings is 1. The molecule has 0 bridgehead atoms. The van der Waals surface area contributed by atoms with Gasteiger partial charge in [-0.2, -0.15) is 0 Å². The third kappa shape index (κ3) is 5.94. The number of hydrogen-bond acceptors (Lipinski definition) is 5. The SMILES string of the molecule is Cl.Cl.NCc1nc(C(=O)N2CCCN(Cc3ccccc3)CC2)cs1. The number of amides is 1. The highest BCUT2D eigenvalue weighted by Gasteiger charge is 2.22. The van der Waals surface area contributed by atoms with Gasteiger partial charge in [0.05, 0.1) is 0 Å². The van der Waals surface area contributed by atoms with Gasteiger partial charge in [0.25, 0.3) is 5.91 Å². The first-order valence-electron chi connectivity index (χ1n) is 7.96. The van der Waals surface area contributed by atoms with E-state index in [1.807, 2.05) is 16.3 Å². The molecule has 3 rings (SSSR count). The Hall–Kier alpha value is -1.18. The Balaban J connectivity index is 0.00000156. The normalized spacial score (nSPS) is 15.0. The number of rotatable bonds is 4. The maximum Gasteiger partial charge on any atom is 0.273 e. The fourth-order valence-electron chi connectivity index (χ4n) is 2.84. The van der Waals surface area contributed by atoms with Crippen LogP contribution < -0.4 is 5.73 Å². The van der Waals surface area contributed by atoms with Crippen molar-refractivity contribution in [2.45, 2.75) is 19.5 Å². The van der Waals surface area contributed by atoms with Gasteiger partial charge in [0, 0.05) is 44.6 Å². The van der Waals surface area contributed by atoms with Crippen molar-refractivity contribution >= 4 is 42.1 Å². The third-order valence-electron chi connectivity index (χ3n) is 4.07. The van der Waals surface area contributed by atoms with Gasteiger partial charge in [-0.3, -0.25) is 9.69 Å². The van der Waals surface area contributed by atoms with Crippen molar-refractivity contribution in [3.63, 3.8) is 0 Å². The van der Waals surface area contributed by atoms with E-state index in [-0.39, 0.29) is 30.7 Å². The van der Waals surface area contributed by atoms with Crippen LogP contribution in [0.5, 0.6) is 0 Å². The van der Waals surface area contributed by atoms with Gasteiger partial charge in [-0.05, 0) is 12.0 Å². The molecular formula is C17H24Cl2N4OS. The average Bonchev–Trinajstić information content (AvgIpc) is 2.95. The Morgan fingerprint density at radius 2 is 1.88 bits per heavy atom. The monoisotopic (exact) mass is 402 g/mol. The molecule has 2 N–H and O–H groups in total.